The van der Waals surface area contributed by atoms with Crippen LogP contribution < -0.4 is 10.6 Å². The second kappa shape index (κ2) is 8.24. The van der Waals surface area contributed by atoms with Gasteiger partial charge in [-0.15, -0.1) is 0 Å². The van der Waals surface area contributed by atoms with Crippen molar-refractivity contribution in [2.45, 2.75) is 26.7 Å². The first-order valence-corrected chi connectivity index (χ1v) is 8.68. The van der Waals surface area contributed by atoms with Gasteiger partial charge < -0.3 is 10.6 Å². The number of hydrogen-bond acceptors (Lipinski definition) is 5. The van der Waals surface area contributed by atoms with Crippen molar-refractivity contribution in [3.05, 3.63) is 55.4 Å². The molecule has 1 aromatic carbocycles. The Labute approximate surface area is 152 Å². The van der Waals surface area contributed by atoms with Gasteiger partial charge in [-0.05, 0) is 37.1 Å². The van der Waals surface area contributed by atoms with E-state index in [0.717, 1.165) is 30.0 Å². The van der Waals surface area contributed by atoms with Crippen LogP contribution in [0.3, 0.4) is 0 Å². The summed E-state index contributed by atoms with van der Waals surface area (Å²) in [4.78, 5) is 24.6. The number of carbonyl (C=O) groups is 1. The summed E-state index contributed by atoms with van der Waals surface area (Å²) in [5, 5.41) is 6.19. The van der Waals surface area contributed by atoms with Gasteiger partial charge in [-0.2, -0.15) is 0 Å². The lowest BCUT2D eigenvalue weighted by atomic mass is 10.0. The van der Waals surface area contributed by atoms with E-state index < -0.39 is 0 Å². The molecule has 0 bridgehead atoms. The van der Waals surface area contributed by atoms with Gasteiger partial charge in [0.1, 0.15) is 24.3 Å². The number of aromatic nitrogens is 4. The Morgan fingerprint density at radius 3 is 2.50 bits per heavy atom. The lowest BCUT2D eigenvalue weighted by molar-refractivity contribution is -0.120. The summed E-state index contributed by atoms with van der Waals surface area (Å²) in [6, 6.07) is 9.40. The van der Waals surface area contributed by atoms with Crippen LogP contribution in [0.4, 0.5) is 17.2 Å². The molecule has 0 unspecified atom stereocenters. The molecule has 0 radical (unpaired) electrons. The Bertz CT molecular complexity index is 841. The predicted octanol–water partition coefficient (Wildman–Crippen LogP) is 3.78. The molecule has 0 saturated carbocycles. The summed E-state index contributed by atoms with van der Waals surface area (Å²) in [6.07, 6.45) is 8.39. The van der Waals surface area contributed by atoms with E-state index in [2.05, 4.69) is 25.6 Å². The van der Waals surface area contributed by atoms with E-state index in [0.29, 0.717) is 5.82 Å². The van der Waals surface area contributed by atoms with Crippen LogP contribution in [0.1, 0.15) is 26.7 Å². The fourth-order valence-corrected chi connectivity index (χ4v) is 2.64. The number of nitrogens with one attached hydrogen (secondary N) is 2. The van der Waals surface area contributed by atoms with E-state index in [1.165, 1.54) is 6.33 Å². The average molecular weight is 350 g/mol. The smallest absolute Gasteiger partial charge is 0.227 e. The molecule has 7 heteroatoms. The van der Waals surface area contributed by atoms with E-state index in [9.17, 15) is 4.79 Å². The van der Waals surface area contributed by atoms with Gasteiger partial charge in [-0.3, -0.25) is 9.36 Å². The summed E-state index contributed by atoms with van der Waals surface area (Å²) in [5.74, 6) is 1.53. The van der Waals surface area contributed by atoms with Gasteiger partial charge in [0.2, 0.25) is 5.91 Å². The standard InChI is InChI=1S/C19H22N6O/c1-3-14(4-2)19(26)24-16-7-5-15(6-8-16)23-17-11-18(22-12-21-17)25-10-9-20-13-25/h5-14H,3-4H2,1-2H3,(H,24,26)(H,21,22,23). The van der Waals surface area contributed by atoms with Crippen LogP contribution in [0.25, 0.3) is 5.82 Å². The van der Waals surface area contributed by atoms with Crippen molar-refractivity contribution in [1.29, 1.82) is 0 Å². The van der Waals surface area contributed by atoms with Gasteiger partial charge in [-0.1, -0.05) is 13.8 Å². The van der Waals surface area contributed by atoms with Crippen LogP contribution in [0.15, 0.2) is 55.4 Å². The monoisotopic (exact) mass is 350 g/mol. The molecule has 2 N–H and O–H groups in total. The van der Waals surface area contributed by atoms with Crippen LogP contribution in [-0.4, -0.2) is 25.4 Å². The topological polar surface area (TPSA) is 84.7 Å². The Kier molecular flexibility index (Phi) is 5.58. The maximum absolute atomic E-state index is 12.1. The second-order valence-electron chi connectivity index (χ2n) is 5.94. The van der Waals surface area contributed by atoms with Gasteiger partial charge in [0, 0.05) is 35.8 Å². The number of hydrogen-bond donors (Lipinski definition) is 2. The summed E-state index contributed by atoms with van der Waals surface area (Å²) in [7, 11) is 0. The van der Waals surface area contributed by atoms with Crippen molar-refractivity contribution < 1.29 is 4.79 Å². The highest BCUT2D eigenvalue weighted by molar-refractivity contribution is 5.92. The van der Waals surface area contributed by atoms with Crippen LogP contribution >= 0.6 is 0 Å². The number of imidazole rings is 1. The van der Waals surface area contributed by atoms with E-state index in [-0.39, 0.29) is 11.8 Å². The molecule has 0 saturated heterocycles. The molecule has 0 fully saturated rings. The van der Waals surface area contributed by atoms with Crippen LogP contribution in [0.2, 0.25) is 0 Å². The van der Waals surface area contributed by atoms with Crippen molar-refractivity contribution >= 4 is 23.1 Å². The SMILES string of the molecule is CCC(CC)C(=O)Nc1ccc(Nc2cc(-n3ccnc3)ncn2)cc1. The summed E-state index contributed by atoms with van der Waals surface area (Å²) in [5.41, 5.74) is 1.66. The van der Waals surface area contributed by atoms with Gasteiger partial charge >= 0.3 is 0 Å². The molecule has 1 amide bonds. The number of carbonyl (C=O) groups excluding carboxylic acids is 1. The summed E-state index contributed by atoms with van der Waals surface area (Å²) < 4.78 is 1.81. The molecule has 0 aliphatic heterocycles. The minimum Gasteiger partial charge on any atom is -0.340 e. The largest absolute Gasteiger partial charge is 0.340 e. The molecule has 134 valence electrons. The molecular weight excluding hydrogens is 328 g/mol. The Morgan fingerprint density at radius 1 is 1.12 bits per heavy atom. The molecule has 26 heavy (non-hydrogen) atoms. The maximum atomic E-state index is 12.1. The molecule has 0 atom stereocenters. The fraction of sp³-hybridized carbons (Fsp3) is 0.263. The van der Waals surface area contributed by atoms with Gasteiger partial charge in [0.15, 0.2) is 0 Å². The van der Waals surface area contributed by atoms with Gasteiger partial charge in [0.05, 0.1) is 0 Å². The Morgan fingerprint density at radius 2 is 1.85 bits per heavy atom. The zero-order valence-electron chi connectivity index (χ0n) is 14.9. The number of benzene rings is 1. The first-order chi connectivity index (χ1) is 12.7. The predicted molar refractivity (Wildman–Crippen MR) is 102 cm³/mol. The minimum absolute atomic E-state index is 0.0513. The fourth-order valence-electron chi connectivity index (χ4n) is 2.64. The van der Waals surface area contributed by atoms with Crippen molar-refractivity contribution in [1.82, 2.24) is 19.5 Å². The first kappa shape index (κ1) is 17.6. The Balaban J connectivity index is 1.66. The van der Waals surface area contributed by atoms with Crippen LogP contribution in [0, 0.1) is 5.92 Å². The van der Waals surface area contributed by atoms with E-state index in [1.807, 2.05) is 54.9 Å². The van der Waals surface area contributed by atoms with E-state index in [4.69, 9.17) is 0 Å². The van der Waals surface area contributed by atoms with Crippen molar-refractivity contribution in [3.63, 3.8) is 0 Å². The van der Waals surface area contributed by atoms with Gasteiger partial charge in [0.25, 0.3) is 0 Å². The van der Waals surface area contributed by atoms with Crippen molar-refractivity contribution in [3.8, 4) is 5.82 Å². The van der Waals surface area contributed by atoms with E-state index >= 15 is 0 Å². The molecule has 0 spiro atoms. The summed E-state index contributed by atoms with van der Waals surface area (Å²) in [6.45, 7) is 4.06. The molecule has 0 aliphatic rings. The average Bonchev–Trinajstić information content (AvgIpc) is 3.19. The number of nitrogens with zero attached hydrogens (tertiary/aromatic N) is 4. The minimum atomic E-state index is 0.0513. The lowest BCUT2D eigenvalue weighted by Gasteiger charge is -2.13. The third-order valence-electron chi connectivity index (χ3n) is 4.20. The number of rotatable bonds is 7. The zero-order chi connectivity index (χ0) is 18.4. The van der Waals surface area contributed by atoms with Crippen LogP contribution in [0.5, 0.6) is 0 Å². The number of amides is 1. The third kappa shape index (κ3) is 4.24. The first-order valence-electron chi connectivity index (χ1n) is 8.68. The normalized spacial score (nSPS) is 10.7. The second-order valence-corrected chi connectivity index (χ2v) is 5.94. The molecule has 0 aliphatic carbocycles. The number of anilines is 3. The van der Waals surface area contributed by atoms with Crippen molar-refractivity contribution in [2.24, 2.45) is 5.92 Å². The quantitative estimate of drug-likeness (QED) is 0.677. The zero-order valence-corrected chi connectivity index (χ0v) is 14.9. The Hall–Kier alpha value is -3.22. The van der Waals surface area contributed by atoms with Crippen molar-refractivity contribution in [2.75, 3.05) is 10.6 Å². The highest BCUT2D eigenvalue weighted by Gasteiger charge is 2.13. The highest BCUT2D eigenvalue weighted by Crippen LogP contribution is 2.19. The highest BCUT2D eigenvalue weighted by atomic mass is 16.1. The molecule has 2 heterocycles. The molecule has 7 nitrogen and oxygen atoms in total. The molecule has 2 aromatic heterocycles. The molecule has 3 rings (SSSR count). The molecule has 3 aromatic rings. The molecular formula is C19H22N6O. The van der Waals surface area contributed by atoms with Crippen LogP contribution in [-0.2, 0) is 4.79 Å². The summed E-state index contributed by atoms with van der Waals surface area (Å²) >= 11 is 0. The van der Waals surface area contributed by atoms with Gasteiger partial charge in [-0.25, -0.2) is 15.0 Å². The third-order valence-corrected chi connectivity index (χ3v) is 4.20. The lowest BCUT2D eigenvalue weighted by Crippen LogP contribution is -2.21. The maximum Gasteiger partial charge on any atom is 0.227 e. The van der Waals surface area contributed by atoms with E-state index in [1.54, 1.807) is 12.5 Å².